The molecule has 19 heavy (non-hydrogen) atoms. The van der Waals surface area contributed by atoms with Crippen LogP contribution in [0.3, 0.4) is 0 Å². The first-order valence-corrected chi connectivity index (χ1v) is 6.15. The number of aromatic nitrogens is 2. The average Bonchev–Trinajstić information content (AvgIpc) is 2.36. The summed E-state index contributed by atoms with van der Waals surface area (Å²) in [5.41, 5.74) is 1.10. The third-order valence-corrected chi connectivity index (χ3v) is 3.13. The molecule has 0 fully saturated rings. The number of pyridine rings is 1. The third-order valence-electron chi connectivity index (χ3n) is 3.13. The van der Waals surface area contributed by atoms with E-state index in [9.17, 15) is 4.79 Å². The van der Waals surface area contributed by atoms with Crippen molar-refractivity contribution in [2.24, 2.45) is 0 Å². The molecule has 0 saturated carbocycles. The van der Waals surface area contributed by atoms with Crippen molar-refractivity contribution in [2.75, 3.05) is 0 Å². The molecule has 0 aliphatic rings. The molecule has 4 nitrogen and oxygen atoms in total. The smallest absolute Gasteiger partial charge is 0.407 e. The number of hydrogen-bond acceptors (Lipinski definition) is 4. The Labute approximate surface area is 110 Å². The molecule has 1 aromatic carbocycles. The summed E-state index contributed by atoms with van der Waals surface area (Å²) < 4.78 is 5.30. The van der Waals surface area contributed by atoms with E-state index in [1.807, 2.05) is 39.0 Å². The molecule has 0 radical (unpaired) electrons. The standard InChI is InChI=1S/C15H14N2O2/c1-15(2,3)13-10-5-4-9-6-7-16-8-11(9)12(10)19-14(18)17-13/h4-8H,1-3H3. The van der Waals surface area contributed by atoms with Crippen LogP contribution in [0, 0.1) is 0 Å². The van der Waals surface area contributed by atoms with Crippen LogP contribution in [0.5, 0.6) is 0 Å². The molecule has 4 heteroatoms. The van der Waals surface area contributed by atoms with Gasteiger partial charge < -0.3 is 4.42 Å². The van der Waals surface area contributed by atoms with E-state index in [-0.39, 0.29) is 5.41 Å². The molecule has 0 saturated heterocycles. The van der Waals surface area contributed by atoms with Gasteiger partial charge in [-0.05, 0) is 17.5 Å². The number of benzene rings is 1. The second-order valence-electron chi connectivity index (χ2n) is 5.62. The summed E-state index contributed by atoms with van der Waals surface area (Å²) in [4.78, 5) is 19.8. The van der Waals surface area contributed by atoms with Gasteiger partial charge in [-0.25, -0.2) is 4.79 Å². The van der Waals surface area contributed by atoms with Gasteiger partial charge in [-0.15, -0.1) is 0 Å². The van der Waals surface area contributed by atoms with E-state index in [1.165, 1.54) is 0 Å². The van der Waals surface area contributed by atoms with Gasteiger partial charge in [0.1, 0.15) is 0 Å². The van der Waals surface area contributed by atoms with Crippen molar-refractivity contribution in [3.8, 4) is 0 Å². The topological polar surface area (TPSA) is 56.0 Å². The predicted molar refractivity (Wildman–Crippen MR) is 74.3 cm³/mol. The van der Waals surface area contributed by atoms with Crippen LogP contribution < -0.4 is 5.76 Å². The highest BCUT2D eigenvalue weighted by Crippen LogP contribution is 2.30. The fourth-order valence-corrected chi connectivity index (χ4v) is 2.26. The first kappa shape index (κ1) is 11.8. The molecule has 3 rings (SSSR count). The van der Waals surface area contributed by atoms with Crippen LogP contribution in [-0.2, 0) is 5.41 Å². The minimum Gasteiger partial charge on any atom is -0.407 e. The van der Waals surface area contributed by atoms with Gasteiger partial charge in [0.25, 0.3) is 0 Å². The van der Waals surface area contributed by atoms with Crippen molar-refractivity contribution in [1.82, 2.24) is 9.97 Å². The highest BCUT2D eigenvalue weighted by Gasteiger charge is 2.21. The molecule has 0 spiro atoms. The molecule has 96 valence electrons. The van der Waals surface area contributed by atoms with Crippen LogP contribution in [-0.4, -0.2) is 9.97 Å². The predicted octanol–water partition coefficient (Wildman–Crippen LogP) is 3.03. The Kier molecular flexibility index (Phi) is 2.42. The van der Waals surface area contributed by atoms with Crippen LogP contribution in [0.2, 0.25) is 0 Å². The normalized spacial score (nSPS) is 12.2. The van der Waals surface area contributed by atoms with Crippen molar-refractivity contribution >= 4 is 21.7 Å². The first-order valence-electron chi connectivity index (χ1n) is 6.15. The molecule has 0 amide bonds. The maximum atomic E-state index is 11.7. The molecule has 2 aromatic heterocycles. The highest BCUT2D eigenvalue weighted by atomic mass is 16.4. The van der Waals surface area contributed by atoms with Gasteiger partial charge in [-0.3, -0.25) is 4.98 Å². The second-order valence-corrected chi connectivity index (χ2v) is 5.62. The van der Waals surface area contributed by atoms with Gasteiger partial charge in [-0.1, -0.05) is 26.8 Å². The molecule has 3 aromatic rings. The van der Waals surface area contributed by atoms with Crippen molar-refractivity contribution in [3.63, 3.8) is 0 Å². The van der Waals surface area contributed by atoms with E-state index in [2.05, 4.69) is 9.97 Å². The summed E-state index contributed by atoms with van der Waals surface area (Å²) in [7, 11) is 0. The fraction of sp³-hybridized carbons (Fsp3) is 0.267. The molecule has 0 N–H and O–H groups in total. The Morgan fingerprint density at radius 1 is 1.11 bits per heavy atom. The Hall–Kier alpha value is -2.23. The molecule has 0 aliphatic heterocycles. The van der Waals surface area contributed by atoms with E-state index < -0.39 is 5.76 Å². The largest absolute Gasteiger partial charge is 0.439 e. The average molecular weight is 254 g/mol. The van der Waals surface area contributed by atoms with Crippen LogP contribution in [0.25, 0.3) is 21.7 Å². The third kappa shape index (κ3) is 1.89. The maximum Gasteiger partial charge on any atom is 0.439 e. The van der Waals surface area contributed by atoms with Crippen LogP contribution >= 0.6 is 0 Å². The lowest BCUT2D eigenvalue weighted by molar-refractivity contribution is 0.500. The van der Waals surface area contributed by atoms with Crippen molar-refractivity contribution in [3.05, 3.63) is 46.8 Å². The van der Waals surface area contributed by atoms with Gasteiger partial charge in [0, 0.05) is 28.6 Å². The van der Waals surface area contributed by atoms with Crippen LogP contribution in [0.15, 0.2) is 39.8 Å². The summed E-state index contributed by atoms with van der Waals surface area (Å²) in [6.45, 7) is 6.09. The number of rotatable bonds is 0. The zero-order valence-electron chi connectivity index (χ0n) is 11.1. The van der Waals surface area contributed by atoms with Gasteiger partial charge in [0.2, 0.25) is 0 Å². The minimum atomic E-state index is -0.561. The number of fused-ring (bicyclic) bond motifs is 3. The number of hydrogen-bond donors (Lipinski definition) is 0. The van der Waals surface area contributed by atoms with Crippen molar-refractivity contribution in [1.29, 1.82) is 0 Å². The summed E-state index contributed by atoms with van der Waals surface area (Å²) >= 11 is 0. The zero-order chi connectivity index (χ0) is 13.6. The molecule has 0 bridgehead atoms. The molecule has 2 heterocycles. The van der Waals surface area contributed by atoms with E-state index in [4.69, 9.17) is 4.42 Å². The minimum absolute atomic E-state index is 0.218. The Bertz CT molecular complexity index is 829. The summed E-state index contributed by atoms with van der Waals surface area (Å²) in [6, 6.07) is 5.84. The quantitative estimate of drug-likeness (QED) is 0.578. The molecule has 0 aliphatic carbocycles. The molecular weight excluding hydrogens is 240 g/mol. The summed E-state index contributed by atoms with van der Waals surface area (Å²) in [5.74, 6) is -0.561. The summed E-state index contributed by atoms with van der Waals surface area (Å²) in [5, 5.41) is 2.70. The van der Waals surface area contributed by atoms with E-state index >= 15 is 0 Å². The SMILES string of the molecule is CC(C)(C)c1nc(=O)oc2c1ccc1ccncc12. The first-order chi connectivity index (χ1) is 8.97. The van der Waals surface area contributed by atoms with Gasteiger partial charge in [0.15, 0.2) is 5.58 Å². The fourth-order valence-electron chi connectivity index (χ4n) is 2.26. The lowest BCUT2D eigenvalue weighted by Gasteiger charge is -2.18. The van der Waals surface area contributed by atoms with Crippen LogP contribution in [0.1, 0.15) is 26.5 Å². The van der Waals surface area contributed by atoms with Crippen LogP contribution in [0.4, 0.5) is 0 Å². The molecule has 0 unspecified atom stereocenters. The Morgan fingerprint density at radius 2 is 1.89 bits per heavy atom. The Balaban J connectivity index is 2.55. The van der Waals surface area contributed by atoms with E-state index in [1.54, 1.807) is 12.4 Å². The van der Waals surface area contributed by atoms with Gasteiger partial charge >= 0.3 is 5.76 Å². The van der Waals surface area contributed by atoms with Crippen molar-refractivity contribution in [2.45, 2.75) is 26.2 Å². The van der Waals surface area contributed by atoms with Crippen molar-refractivity contribution < 1.29 is 4.42 Å². The Morgan fingerprint density at radius 3 is 2.63 bits per heavy atom. The molecular formula is C15H14N2O2. The van der Waals surface area contributed by atoms with E-state index in [0.29, 0.717) is 5.58 Å². The summed E-state index contributed by atoms with van der Waals surface area (Å²) in [6.07, 6.45) is 3.44. The maximum absolute atomic E-state index is 11.7. The van der Waals surface area contributed by atoms with Gasteiger partial charge in [0.05, 0.1) is 5.69 Å². The van der Waals surface area contributed by atoms with E-state index in [0.717, 1.165) is 21.9 Å². The number of nitrogens with zero attached hydrogens (tertiary/aromatic N) is 2. The monoisotopic (exact) mass is 254 g/mol. The molecule has 0 atom stereocenters. The van der Waals surface area contributed by atoms with Gasteiger partial charge in [-0.2, -0.15) is 4.98 Å². The lowest BCUT2D eigenvalue weighted by atomic mass is 9.89. The lowest BCUT2D eigenvalue weighted by Crippen LogP contribution is -2.19. The zero-order valence-corrected chi connectivity index (χ0v) is 11.1. The highest BCUT2D eigenvalue weighted by molar-refractivity contribution is 6.04. The second kappa shape index (κ2) is 3.88.